The molecule has 4 aliphatic carbocycles. The number of benzene rings is 3. The Labute approximate surface area is 311 Å². The zero-order chi connectivity index (χ0) is 30.5. The molecule has 0 aromatic heterocycles. The summed E-state index contributed by atoms with van der Waals surface area (Å²) in [7, 11) is 0. The van der Waals surface area contributed by atoms with Gasteiger partial charge >= 0.3 is 26.2 Å². The summed E-state index contributed by atoms with van der Waals surface area (Å²) in [5, 5.41) is 0. The molecule has 46 heavy (non-hydrogen) atoms. The number of fused-ring (bicyclic) bond motifs is 5. The van der Waals surface area contributed by atoms with Crippen LogP contribution in [0.15, 0.2) is 89.5 Å². The quantitative estimate of drug-likeness (QED) is 0.312. The molecule has 3 heteroatoms. The van der Waals surface area contributed by atoms with Crippen LogP contribution in [0.2, 0.25) is 0 Å². The fourth-order valence-electron chi connectivity index (χ4n) is 9.40. The molecule has 0 aliphatic heterocycles. The van der Waals surface area contributed by atoms with Crippen LogP contribution in [0.5, 0.6) is 0 Å². The van der Waals surface area contributed by atoms with Crippen LogP contribution in [0.4, 0.5) is 0 Å². The number of rotatable bonds is 2. The van der Waals surface area contributed by atoms with Gasteiger partial charge in [0.15, 0.2) is 0 Å². The number of hydrogen-bond acceptors (Lipinski definition) is 0. The molecule has 3 atom stereocenters. The van der Waals surface area contributed by atoms with Crippen molar-refractivity contribution >= 4 is 0 Å². The molecule has 0 bridgehead atoms. The SMILES string of the molecule is CC(C)(C)C1=CC2=C(C1)C1CCCCC1C2(c1ccccc1)C1c2ccc(C(C)(C)C)cc2-c2cc(C(C)(C)C)ccc21.[Cl-].[Cl-].[Zr+2]. The molecule has 3 aromatic carbocycles. The van der Waals surface area contributed by atoms with Gasteiger partial charge in [-0.2, -0.15) is 0 Å². The van der Waals surface area contributed by atoms with Gasteiger partial charge in [0.2, 0.25) is 0 Å². The minimum atomic E-state index is -0.0544. The molecule has 3 unspecified atom stereocenters. The predicted octanol–water partition coefficient (Wildman–Crippen LogP) is 5.83. The van der Waals surface area contributed by atoms with Gasteiger partial charge in [-0.15, -0.1) is 0 Å². The number of halogens is 2. The Morgan fingerprint density at radius 2 is 1.15 bits per heavy atom. The van der Waals surface area contributed by atoms with Crippen LogP contribution < -0.4 is 24.8 Å². The standard InChI is InChI=1S/C43H52.2ClH.Zr/c1-40(2,3)28-19-21-32-34(23-28)35-24-29(41(4,5)6)20-22-33(35)39(32)43(27-15-11-10-12-16-27)37-18-14-13-17-31(37)36-25-30(26-38(36)43)42(7,8)9;;;/h10-12,15-16,19-24,26,31,37,39H,13-14,17-18,25H2,1-9H3;2*1H;/q;;;+2/p-2. The third-order valence-corrected chi connectivity index (χ3v) is 11.7. The van der Waals surface area contributed by atoms with E-state index in [0.717, 1.165) is 0 Å². The molecular weight excluding hydrogens is 679 g/mol. The summed E-state index contributed by atoms with van der Waals surface area (Å²) in [6.45, 7) is 21.4. The molecule has 1 saturated carbocycles. The molecule has 3 aromatic rings. The maximum Gasteiger partial charge on any atom is 2.00 e. The van der Waals surface area contributed by atoms with E-state index in [2.05, 4.69) is 135 Å². The Bertz CT molecular complexity index is 1590. The van der Waals surface area contributed by atoms with Crippen molar-refractivity contribution in [1.29, 1.82) is 0 Å². The van der Waals surface area contributed by atoms with Gasteiger partial charge in [-0.3, -0.25) is 0 Å². The normalized spacial score (nSPS) is 23.7. The monoisotopic (exact) mass is 728 g/mol. The van der Waals surface area contributed by atoms with E-state index < -0.39 is 0 Å². The second-order valence-electron chi connectivity index (χ2n) is 17.3. The van der Waals surface area contributed by atoms with Crippen LogP contribution in [-0.4, -0.2) is 0 Å². The minimum absolute atomic E-state index is 0. The van der Waals surface area contributed by atoms with Crippen molar-refractivity contribution < 1.29 is 51.0 Å². The van der Waals surface area contributed by atoms with Gasteiger partial charge in [0, 0.05) is 11.3 Å². The summed E-state index contributed by atoms with van der Waals surface area (Å²) in [6, 6.07) is 26.9. The molecule has 0 amide bonds. The molecule has 0 heterocycles. The Balaban J connectivity index is 0.00000160. The predicted molar refractivity (Wildman–Crippen MR) is 184 cm³/mol. The van der Waals surface area contributed by atoms with Crippen molar-refractivity contribution in [3.63, 3.8) is 0 Å². The van der Waals surface area contributed by atoms with E-state index in [-0.39, 0.29) is 72.7 Å². The first-order valence-electron chi connectivity index (χ1n) is 17.0. The molecule has 242 valence electrons. The summed E-state index contributed by atoms with van der Waals surface area (Å²) >= 11 is 0. The van der Waals surface area contributed by atoms with Crippen LogP contribution in [0.1, 0.15) is 128 Å². The Kier molecular flexibility index (Phi) is 10.4. The van der Waals surface area contributed by atoms with Crippen LogP contribution >= 0.6 is 0 Å². The third-order valence-electron chi connectivity index (χ3n) is 11.7. The van der Waals surface area contributed by atoms with E-state index in [1.165, 1.54) is 59.9 Å². The molecule has 0 radical (unpaired) electrons. The van der Waals surface area contributed by atoms with Crippen molar-refractivity contribution in [3.05, 3.63) is 117 Å². The second-order valence-corrected chi connectivity index (χ2v) is 17.3. The van der Waals surface area contributed by atoms with Crippen molar-refractivity contribution in [3.8, 4) is 11.1 Å². The van der Waals surface area contributed by atoms with Gasteiger partial charge in [0.1, 0.15) is 0 Å². The Morgan fingerprint density at radius 1 is 0.630 bits per heavy atom. The van der Waals surface area contributed by atoms with Gasteiger partial charge in [-0.1, -0.05) is 159 Å². The topological polar surface area (TPSA) is 0 Å². The molecule has 0 N–H and O–H groups in total. The van der Waals surface area contributed by atoms with Crippen molar-refractivity contribution in [1.82, 2.24) is 0 Å². The molecule has 0 saturated heterocycles. The minimum Gasteiger partial charge on any atom is -1.00 e. The van der Waals surface area contributed by atoms with Crippen molar-refractivity contribution in [2.75, 3.05) is 0 Å². The van der Waals surface area contributed by atoms with Gasteiger partial charge < -0.3 is 24.8 Å². The zero-order valence-corrected chi connectivity index (χ0v) is 33.4. The van der Waals surface area contributed by atoms with Gasteiger partial charge in [-0.25, -0.2) is 0 Å². The van der Waals surface area contributed by atoms with E-state index in [9.17, 15) is 0 Å². The van der Waals surface area contributed by atoms with Crippen LogP contribution in [0, 0.1) is 17.3 Å². The van der Waals surface area contributed by atoms with Crippen molar-refractivity contribution in [2.45, 2.75) is 117 Å². The molecule has 0 nitrogen and oxygen atoms in total. The van der Waals surface area contributed by atoms with Gasteiger partial charge in [0.25, 0.3) is 0 Å². The molecule has 4 aliphatic rings. The Morgan fingerprint density at radius 3 is 1.65 bits per heavy atom. The third kappa shape index (κ3) is 5.71. The summed E-state index contributed by atoms with van der Waals surface area (Å²) in [4.78, 5) is 0. The number of allylic oxidation sites excluding steroid dienone is 4. The molecular formula is C43H52Cl2Zr. The maximum atomic E-state index is 2.71. The van der Waals surface area contributed by atoms with Gasteiger partial charge in [-0.05, 0) is 91.9 Å². The first-order valence-corrected chi connectivity index (χ1v) is 17.0. The van der Waals surface area contributed by atoms with E-state index in [0.29, 0.717) is 17.8 Å². The summed E-state index contributed by atoms with van der Waals surface area (Å²) in [5.41, 5.74) is 15.9. The fourth-order valence-corrected chi connectivity index (χ4v) is 9.40. The van der Waals surface area contributed by atoms with Crippen LogP contribution in [0.3, 0.4) is 0 Å². The van der Waals surface area contributed by atoms with E-state index in [4.69, 9.17) is 0 Å². The molecule has 7 rings (SSSR count). The van der Waals surface area contributed by atoms with Crippen molar-refractivity contribution in [2.24, 2.45) is 17.3 Å². The largest absolute Gasteiger partial charge is 2.00 e. The molecule has 1 fully saturated rings. The Hall–Kier alpha value is -1.40. The maximum absolute atomic E-state index is 2.71. The van der Waals surface area contributed by atoms with E-state index >= 15 is 0 Å². The summed E-state index contributed by atoms with van der Waals surface area (Å²) in [5.74, 6) is 1.65. The summed E-state index contributed by atoms with van der Waals surface area (Å²) in [6.07, 6.45) is 9.28. The molecule has 0 spiro atoms. The first kappa shape index (κ1) is 37.4. The average Bonchev–Trinajstić information content (AvgIpc) is 3.61. The van der Waals surface area contributed by atoms with Crippen LogP contribution in [0.25, 0.3) is 11.1 Å². The smallest absolute Gasteiger partial charge is 1.00 e. The zero-order valence-electron chi connectivity index (χ0n) is 29.5. The second kappa shape index (κ2) is 12.8. The van der Waals surface area contributed by atoms with E-state index in [1.807, 2.05) is 0 Å². The first-order chi connectivity index (χ1) is 20.2. The van der Waals surface area contributed by atoms with E-state index in [1.54, 1.807) is 27.8 Å². The average molecular weight is 731 g/mol. The van der Waals surface area contributed by atoms with Crippen LogP contribution in [-0.2, 0) is 42.4 Å². The van der Waals surface area contributed by atoms with Gasteiger partial charge in [0.05, 0.1) is 0 Å². The fraction of sp³-hybridized carbons (Fsp3) is 0.488. The summed E-state index contributed by atoms with van der Waals surface area (Å²) < 4.78 is 0. The number of hydrogen-bond donors (Lipinski definition) is 0.